The summed E-state index contributed by atoms with van der Waals surface area (Å²) in [7, 11) is 0. The predicted octanol–water partition coefficient (Wildman–Crippen LogP) is 4.03. The maximum absolute atomic E-state index is 4.58. The van der Waals surface area contributed by atoms with Crippen molar-refractivity contribution in [1.82, 2.24) is 9.97 Å². The summed E-state index contributed by atoms with van der Waals surface area (Å²) in [5.41, 5.74) is 1.43. The smallest absolute Gasteiger partial charge is 0.125 e. The molecule has 0 N–H and O–H groups in total. The number of unbranched alkanes of at least 4 members (excludes halogenated alkanes) is 2. The number of aromatic nitrogens is 2. The third-order valence-corrected chi connectivity index (χ3v) is 3.51. The Morgan fingerprint density at radius 3 is 2.56 bits per heavy atom. The molecular weight excluding hydrogens is 196 g/mol. The molecule has 1 heterocycles. The minimum Gasteiger partial charge on any atom is -0.242 e. The molecule has 0 spiro atoms. The van der Waals surface area contributed by atoms with E-state index in [1.165, 1.54) is 31.4 Å². The van der Waals surface area contributed by atoms with Crippen LogP contribution in [0.2, 0.25) is 0 Å². The molecule has 0 radical (unpaired) electrons. The Hall–Kier alpha value is -0.920. The van der Waals surface area contributed by atoms with Crippen molar-refractivity contribution in [2.45, 2.75) is 65.2 Å². The lowest BCUT2D eigenvalue weighted by atomic mass is 9.79. The van der Waals surface area contributed by atoms with Crippen LogP contribution in [0.4, 0.5) is 0 Å². The molecule has 0 saturated heterocycles. The molecule has 0 aliphatic rings. The first-order valence-electron chi connectivity index (χ1n) is 6.42. The first-order chi connectivity index (χ1) is 7.62. The molecule has 0 fully saturated rings. The number of hydrogen-bond donors (Lipinski definition) is 0. The Morgan fingerprint density at radius 2 is 2.00 bits per heavy atom. The lowest BCUT2D eigenvalue weighted by Crippen LogP contribution is -2.23. The van der Waals surface area contributed by atoms with E-state index in [0.29, 0.717) is 0 Å². The molecule has 1 aromatic heterocycles. The summed E-state index contributed by atoms with van der Waals surface area (Å²) in [6.07, 6.45) is 8.15. The molecular formula is C14H24N2. The molecule has 0 aliphatic heterocycles. The first-order valence-corrected chi connectivity index (χ1v) is 6.42. The Labute approximate surface area is 99.5 Å². The lowest BCUT2D eigenvalue weighted by molar-refractivity contribution is 0.386. The predicted molar refractivity (Wildman–Crippen MR) is 68.6 cm³/mol. The molecule has 0 saturated carbocycles. The maximum atomic E-state index is 4.58. The van der Waals surface area contributed by atoms with Crippen LogP contribution in [0.5, 0.6) is 0 Å². The van der Waals surface area contributed by atoms with Gasteiger partial charge in [-0.3, -0.25) is 0 Å². The normalized spacial score (nSPS) is 14.8. The second-order valence-electron chi connectivity index (χ2n) is 4.86. The Kier molecular flexibility index (Phi) is 4.91. The van der Waals surface area contributed by atoms with Crippen molar-refractivity contribution in [1.29, 1.82) is 0 Å². The van der Waals surface area contributed by atoms with E-state index >= 15 is 0 Å². The minimum atomic E-state index is 0.225. The van der Waals surface area contributed by atoms with Crippen molar-refractivity contribution < 1.29 is 0 Å². The van der Waals surface area contributed by atoms with Gasteiger partial charge < -0.3 is 0 Å². The van der Waals surface area contributed by atoms with Crippen LogP contribution in [0.15, 0.2) is 12.3 Å². The van der Waals surface area contributed by atoms with Crippen LogP contribution in [0.25, 0.3) is 0 Å². The van der Waals surface area contributed by atoms with Crippen molar-refractivity contribution >= 4 is 0 Å². The molecule has 1 aromatic rings. The van der Waals surface area contributed by atoms with Crippen LogP contribution >= 0.6 is 0 Å². The van der Waals surface area contributed by atoms with E-state index in [2.05, 4.69) is 36.8 Å². The molecule has 90 valence electrons. The summed E-state index contributed by atoms with van der Waals surface area (Å²) in [6, 6.07) is 2.07. The molecule has 2 nitrogen and oxygen atoms in total. The van der Waals surface area contributed by atoms with Crippen LogP contribution in [0.1, 0.15) is 64.4 Å². The van der Waals surface area contributed by atoms with Crippen LogP contribution in [-0.2, 0) is 5.41 Å². The monoisotopic (exact) mass is 220 g/mol. The molecule has 1 rings (SSSR count). The van der Waals surface area contributed by atoms with Gasteiger partial charge in [0.15, 0.2) is 0 Å². The van der Waals surface area contributed by atoms with Gasteiger partial charge in [0.1, 0.15) is 5.82 Å². The third-order valence-electron chi connectivity index (χ3n) is 3.51. The second kappa shape index (κ2) is 5.97. The second-order valence-corrected chi connectivity index (χ2v) is 4.86. The SMILES string of the molecule is CCCCCC(C)(CC)c1ccnc(C)n1. The van der Waals surface area contributed by atoms with E-state index in [1.807, 2.05) is 13.1 Å². The zero-order valence-corrected chi connectivity index (χ0v) is 11.1. The summed E-state index contributed by atoms with van der Waals surface area (Å²) in [6.45, 7) is 8.79. The van der Waals surface area contributed by atoms with E-state index in [4.69, 9.17) is 0 Å². The first kappa shape index (κ1) is 13.1. The van der Waals surface area contributed by atoms with Gasteiger partial charge in [-0.15, -0.1) is 0 Å². The van der Waals surface area contributed by atoms with E-state index in [0.717, 1.165) is 12.2 Å². The fourth-order valence-corrected chi connectivity index (χ4v) is 2.04. The highest BCUT2D eigenvalue weighted by Crippen LogP contribution is 2.31. The van der Waals surface area contributed by atoms with E-state index < -0.39 is 0 Å². The summed E-state index contributed by atoms with van der Waals surface area (Å²) >= 11 is 0. The van der Waals surface area contributed by atoms with Crippen LogP contribution in [-0.4, -0.2) is 9.97 Å². The Balaban J connectivity index is 2.78. The summed E-state index contributed by atoms with van der Waals surface area (Å²) in [5, 5.41) is 0. The van der Waals surface area contributed by atoms with Gasteiger partial charge in [-0.1, -0.05) is 40.0 Å². The largest absolute Gasteiger partial charge is 0.242 e. The van der Waals surface area contributed by atoms with Gasteiger partial charge in [-0.25, -0.2) is 9.97 Å². The zero-order chi connectivity index (χ0) is 12.0. The van der Waals surface area contributed by atoms with Gasteiger partial charge in [0.2, 0.25) is 0 Å². The van der Waals surface area contributed by atoms with Crippen molar-refractivity contribution in [3.8, 4) is 0 Å². The topological polar surface area (TPSA) is 25.8 Å². The Morgan fingerprint density at radius 1 is 1.25 bits per heavy atom. The number of aryl methyl sites for hydroxylation is 1. The number of rotatable bonds is 6. The molecule has 0 bridgehead atoms. The highest BCUT2D eigenvalue weighted by Gasteiger charge is 2.25. The van der Waals surface area contributed by atoms with E-state index in [-0.39, 0.29) is 5.41 Å². The van der Waals surface area contributed by atoms with Crippen LogP contribution < -0.4 is 0 Å². The highest BCUT2D eigenvalue weighted by molar-refractivity contribution is 5.14. The zero-order valence-electron chi connectivity index (χ0n) is 11.1. The molecule has 1 unspecified atom stereocenters. The fourth-order valence-electron chi connectivity index (χ4n) is 2.04. The van der Waals surface area contributed by atoms with Crippen molar-refractivity contribution in [3.05, 3.63) is 23.8 Å². The Bertz CT molecular complexity index is 322. The van der Waals surface area contributed by atoms with Gasteiger partial charge in [0, 0.05) is 17.3 Å². The third kappa shape index (κ3) is 3.29. The lowest BCUT2D eigenvalue weighted by Gasteiger charge is -2.27. The molecule has 0 aromatic carbocycles. The van der Waals surface area contributed by atoms with Gasteiger partial charge >= 0.3 is 0 Å². The summed E-state index contributed by atoms with van der Waals surface area (Å²) < 4.78 is 0. The molecule has 16 heavy (non-hydrogen) atoms. The van der Waals surface area contributed by atoms with Crippen LogP contribution in [0, 0.1) is 6.92 Å². The van der Waals surface area contributed by atoms with Crippen molar-refractivity contribution in [3.63, 3.8) is 0 Å². The van der Waals surface area contributed by atoms with E-state index in [1.54, 1.807) is 0 Å². The average molecular weight is 220 g/mol. The highest BCUT2D eigenvalue weighted by atomic mass is 14.9. The van der Waals surface area contributed by atoms with Gasteiger partial charge in [0.05, 0.1) is 0 Å². The average Bonchev–Trinajstić information content (AvgIpc) is 2.29. The summed E-state index contributed by atoms with van der Waals surface area (Å²) in [5.74, 6) is 0.882. The minimum absolute atomic E-state index is 0.225. The van der Waals surface area contributed by atoms with Crippen LogP contribution in [0.3, 0.4) is 0 Å². The fraction of sp³-hybridized carbons (Fsp3) is 0.714. The van der Waals surface area contributed by atoms with Crippen molar-refractivity contribution in [2.75, 3.05) is 0 Å². The quantitative estimate of drug-likeness (QED) is 0.676. The molecule has 0 aliphatic carbocycles. The van der Waals surface area contributed by atoms with Crippen molar-refractivity contribution in [2.24, 2.45) is 0 Å². The maximum Gasteiger partial charge on any atom is 0.125 e. The number of nitrogens with zero attached hydrogens (tertiary/aromatic N) is 2. The van der Waals surface area contributed by atoms with Gasteiger partial charge in [-0.2, -0.15) is 0 Å². The van der Waals surface area contributed by atoms with Gasteiger partial charge in [-0.05, 0) is 25.8 Å². The van der Waals surface area contributed by atoms with Gasteiger partial charge in [0.25, 0.3) is 0 Å². The molecule has 1 atom stereocenters. The van der Waals surface area contributed by atoms with E-state index in [9.17, 15) is 0 Å². The number of hydrogen-bond acceptors (Lipinski definition) is 2. The summed E-state index contributed by atoms with van der Waals surface area (Å²) in [4.78, 5) is 8.76. The standard InChI is InChI=1S/C14H24N2/c1-5-7-8-10-14(4,6-2)13-9-11-15-12(3)16-13/h9,11H,5-8,10H2,1-4H3. The molecule has 2 heteroatoms. The molecule has 0 amide bonds.